The van der Waals surface area contributed by atoms with E-state index in [0.717, 1.165) is 22.0 Å². The minimum absolute atomic E-state index is 0.0162. The zero-order chi connectivity index (χ0) is 16.6. The van der Waals surface area contributed by atoms with Crippen LogP contribution in [0.4, 0.5) is 0 Å². The van der Waals surface area contributed by atoms with E-state index in [9.17, 15) is 9.90 Å². The Bertz CT molecular complexity index is 902. The summed E-state index contributed by atoms with van der Waals surface area (Å²) in [7, 11) is 0. The maximum absolute atomic E-state index is 11.1. The molecule has 5 nitrogen and oxygen atoms in total. The summed E-state index contributed by atoms with van der Waals surface area (Å²) in [5.41, 5.74) is 2.51. The fraction of sp³-hybridized carbons (Fsp3) is 0.176. The average molecular weight is 331 g/mol. The fourth-order valence-electron chi connectivity index (χ4n) is 2.68. The van der Waals surface area contributed by atoms with Crippen LogP contribution < -0.4 is 0 Å². The van der Waals surface area contributed by atoms with Crippen LogP contribution in [0.3, 0.4) is 0 Å². The van der Waals surface area contributed by atoms with Gasteiger partial charge in [-0.1, -0.05) is 11.6 Å². The molecule has 3 rings (SSSR count). The van der Waals surface area contributed by atoms with Crippen LogP contribution in [0.15, 0.2) is 36.7 Å². The number of carboxylic acids is 1. The number of phenols is 1. The van der Waals surface area contributed by atoms with Gasteiger partial charge in [0.15, 0.2) is 0 Å². The largest absolute Gasteiger partial charge is 0.508 e. The lowest BCUT2D eigenvalue weighted by atomic mass is 10.0. The van der Waals surface area contributed by atoms with Crippen molar-refractivity contribution in [1.82, 2.24) is 9.55 Å². The van der Waals surface area contributed by atoms with Crippen molar-refractivity contribution in [2.24, 2.45) is 0 Å². The van der Waals surface area contributed by atoms with Gasteiger partial charge in [0.1, 0.15) is 11.4 Å². The average Bonchev–Trinajstić information content (AvgIpc) is 2.88. The number of aromatic nitrogens is 2. The van der Waals surface area contributed by atoms with Crippen molar-refractivity contribution in [3.8, 4) is 5.75 Å². The molecule has 2 aromatic heterocycles. The molecule has 3 aromatic rings. The Morgan fingerprint density at radius 1 is 1.30 bits per heavy atom. The minimum atomic E-state index is -1.05. The summed E-state index contributed by atoms with van der Waals surface area (Å²) in [5, 5.41) is 20.5. The van der Waals surface area contributed by atoms with Crippen LogP contribution >= 0.6 is 11.6 Å². The van der Waals surface area contributed by atoms with E-state index in [0.29, 0.717) is 18.0 Å². The Labute approximate surface area is 137 Å². The number of aromatic carboxylic acids is 1. The molecule has 2 heterocycles. The second-order valence-electron chi connectivity index (χ2n) is 5.28. The van der Waals surface area contributed by atoms with Gasteiger partial charge >= 0.3 is 5.97 Å². The summed E-state index contributed by atoms with van der Waals surface area (Å²) in [4.78, 5) is 15.1. The van der Waals surface area contributed by atoms with Crippen molar-refractivity contribution in [3.05, 3.63) is 58.5 Å². The van der Waals surface area contributed by atoms with Gasteiger partial charge in [-0.05, 0) is 42.3 Å². The SMILES string of the molecule is CCn1cc(Cc2cc(Cl)ccc2O)c2cnc(C(=O)O)cc21. The molecule has 0 amide bonds. The van der Waals surface area contributed by atoms with Crippen molar-refractivity contribution in [2.75, 3.05) is 0 Å². The second kappa shape index (κ2) is 5.93. The number of hydrogen-bond donors (Lipinski definition) is 2. The third kappa shape index (κ3) is 2.87. The van der Waals surface area contributed by atoms with Crippen molar-refractivity contribution in [1.29, 1.82) is 0 Å². The van der Waals surface area contributed by atoms with Crippen LogP contribution in [-0.2, 0) is 13.0 Å². The third-order valence-electron chi connectivity index (χ3n) is 3.83. The Balaban J connectivity index is 2.11. The molecular formula is C17H15ClN2O3. The molecule has 0 bridgehead atoms. The molecule has 23 heavy (non-hydrogen) atoms. The Hall–Kier alpha value is -2.53. The zero-order valence-corrected chi connectivity index (χ0v) is 13.2. The molecule has 0 unspecified atom stereocenters. The van der Waals surface area contributed by atoms with Gasteiger partial charge in [0.25, 0.3) is 0 Å². The second-order valence-corrected chi connectivity index (χ2v) is 5.72. The number of aryl methyl sites for hydroxylation is 1. The highest BCUT2D eigenvalue weighted by Gasteiger charge is 2.14. The summed E-state index contributed by atoms with van der Waals surface area (Å²) in [6.07, 6.45) is 4.02. The number of pyridine rings is 1. The molecule has 6 heteroatoms. The van der Waals surface area contributed by atoms with E-state index in [4.69, 9.17) is 16.7 Å². The molecule has 0 fully saturated rings. The van der Waals surface area contributed by atoms with Crippen molar-refractivity contribution < 1.29 is 15.0 Å². The highest BCUT2D eigenvalue weighted by atomic mass is 35.5. The predicted octanol–water partition coefficient (Wildman–Crippen LogP) is 3.70. The van der Waals surface area contributed by atoms with E-state index in [-0.39, 0.29) is 11.4 Å². The summed E-state index contributed by atoms with van der Waals surface area (Å²) in [6, 6.07) is 6.50. The molecule has 0 aliphatic rings. The Morgan fingerprint density at radius 3 is 2.78 bits per heavy atom. The molecular weight excluding hydrogens is 316 g/mol. The number of aromatic hydroxyl groups is 1. The van der Waals surface area contributed by atoms with E-state index < -0.39 is 5.97 Å². The standard InChI is InChI=1S/C17H15ClN2O3/c1-2-20-9-11(5-10-6-12(18)3-4-16(10)21)13-8-19-14(17(22)23)7-15(13)20/h3-4,6-9,21H,2,5H2,1H3,(H,22,23). The summed E-state index contributed by atoms with van der Waals surface area (Å²) < 4.78 is 1.97. The number of phenolic OH excluding ortho intramolecular Hbond substituents is 1. The number of benzene rings is 1. The topological polar surface area (TPSA) is 75.3 Å². The predicted molar refractivity (Wildman–Crippen MR) is 88.3 cm³/mol. The lowest BCUT2D eigenvalue weighted by Crippen LogP contribution is -2.00. The van der Waals surface area contributed by atoms with E-state index in [1.807, 2.05) is 17.7 Å². The molecule has 0 aliphatic carbocycles. The van der Waals surface area contributed by atoms with Gasteiger partial charge < -0.3 is 14.8 Å². The van der Waals surface area contributed by atoms with Crippen LogP contribution in [0.5, 0.6) is 5.75 Å². The van der Waals surface area contributed by atoms with Gasteiger partial charge in [0.05, 0.1) is 5.52 Å². The van der Waals surface area contributed by atoms with Crippen LogP contribution in [0, 0.1) is 0 Å². The molecule has 0 aliphatic heterocycles. The lowest BCUT2D eigenvalue weighted by Gasteiger charge is -2.04. The third-order valence-corrected chi connectivity index (χ3v) is 4.07. The molecule has 0 saturated carbocycles. The number of fused-ring (bicyclic) bond motifs is 1. The van der Waals surface area contributed by atoms with Gasteiger partial charge in [-0.15, -0.1) is 0 Å². The van der Waals surface area contributed by atoms with E-state index in [1.165, 1.54) is 0 Å². The molecule has 0 atom stereocenters. The quantitative estimate of drug-likeness (QED) is 0.764. The van der Waals surface area contributed by atoms with Crippen LogP contribution in [0.1, 0.15) is 28.5 Å². The molecule has 118 valence electrons. The van der Waals surface area contributed by atoms with Crippen LogP contribution in [0.2, 0.25) is 5.02 Å². The fourth-order valence-corrected chi connectivity index (χ4v) is 2.87. The van der Waals surface area contributed by atoms with E-state index in [2.05, 4.69) is 4.98 Å². The highest BCUT2D eigenvalue weighted by molar-refractivity contribution is 6.30. The van der Waals surface area contributed by atoms with Gasteiger partial charge in [0.2, 0.25) is 0 Å². The highest BCUT2D eigenvalue weighted by Crippen LogP contribution is 2.28. The first kappa shape index (κ1) is 15.4. The molecule has 1 aromatic carbocycles. The van der Waals surface area contributed by atoms with Crippen LogP contribution in [-0.4, -0.2) is 25.7 Å². The first-order chi connectivity index (χ1) is 11.0. The van der Waals surface area contributed by atoms with E-state index in [1.54, 1.807) is 30.5 Å². The molecule has 0 radical (unpaired) electrons. The smallest absolute Gasteiger partial charge is 0.354 e. The first-order valence-electron chi connectivity index (χ1n) is 7.18. The summed E-state index contributed by atoms with van der Waals surface area (Å²) >= 11 is 6.00. The summed E-state index contributed by atoms with van der Waals surface area (Å²) in [6.45, 7) is 2.70. The number of nitrogens with zero attached hydrogens (tertiary/aromatic N) is 2. The zero-order valence-electron chi connectivity index (χ0n) is 12.5. The Morgan fingerprint density at radius 2 is 2.09 bits per heavy atom. The molecule has 0 saturated heterocycles. The molecule has 0 spiro atoms. The summed E-state index contributed by atoms with van der Waals surface area (Å²) in [5.74, 6) is -0.869. The molecule has 2 N–H and O–H groups in total. The van der Waals surface area contributed by atoms with Crippen LogP contribution in [0.25, 0.3) is 10.9 Å². The minimum Gasteiger partial charge on any atom is -0.508 e. The number of rotatable bonds is 4. The van der Waals surface area contributed by atoms with E-state index >= 15 is 0 Å². The monoisotopic (exact) mass is 330 g/mol. The van der Waals surface area contributed by atoms with Crippen molar-refractivity contribution in [3.63, 3.8) is 0 Å². The number of carboxylic acid groups (broad SMARTS) is 1. The lowest BCUT2D eigenvalue weighted by molar-refractivity contribution is 0.0690. The number of carbonyl (C=O) groups is 1. The van der Waals surface area contributed by atoms with Gasteiger partial charge in [-0.25, -0.2) is 9.78 Å². The van der Waals surface area contributed by atoms with Crippen molar-refractivity contribution in [2.45, 2.75) is 19.9 Å². The Kier molecular flexibility index (Phi) is 3.96. The van der Waals surface area contributed by atoms with Gasteiger partial charge in [0, 0.05) is 35.8 Å². The first-order valence-corrected chi connectivity index (χ1v) is 7.56. The van der Waals surface area contributed by atoms with Gasteiger partial charge in [-0.3, -0.25) is 0 Å². The normalized spacial score (nSPS) is 11.0. The maximum Gasteiger partial charge on any atom is 0.354 e. The van der Waals surface area contributed by atoms with Crippen molar-refractivity contribution >= 4 is 28.5 Å². The number of hydrogen-bond acceptors (Lipinski definition) is 3. The number of halogens is 1. The van der Waals surface area contributed by atoms with Gasteiger partial charge in [-0.2, -0.15) is 0 Å². The maximum atomic E-state index is 11.1.